The molecule has 0 N–H and O–H groups in total. The van der Waals surface area contributed by atoms with E-state index >= 15 is 0 Å². The minimum atomic E-state index is 0.489. The molecule has 0 radical (unpaired) electrons. The number of nitrogens with zero attached hydrogens (tertiary/aromatic N) is 2. The second-order valence-electron chi connectivity index (χ2n) is 15.7. The van der Waals surface area contributed by atoms with Crippen molar-refractivity contribution >= 4 is 78.7 Å². The predicted octanol–water partition coefficient (Wildman–Crippen LogP) is 14.0. The number of hydrogen-bond donors (Lipinski definition) is 0. The SMILES string of the molecule is CCCCOc1ccc(C2=C(/C=C/C3=[N+](CCCC)c4ccc(Cl)c5cccc3c45)CC(C)C/C2=C\C=c2c3cccc4c(Cl)ccc(c43)n2CCCC)cc1. The van der Waals surface area contributed by atoms with E-state index in [9.17, 15) is 0 Å². The van der Waals surface area contributed by atoms with Crippen molar-refractivity contribution in [2.45, 2.75) is 85.6 Å². The molecule has 1 aromatic heterocycles. The van der Waals surface area contributed by atoms with Crippen LogP contribution in [0.15, 0.2) is 114 Å². The maximum absolute atomic E-state index is 6.78. The van der Waals surface area contributed by atoms with Crippen LogP contribution in [-0.2, 0) is 6.54 Å². The topological polar surface area (TPSA) is 17.2 Å². The molecule has 6 aromatic rings. The molecule has 8 rings (SSSR count). The largest absolute Gasteiger partial charge is 0.494 e. The monoisotopic (exact) mass is 779 g/mol. The fourth-order valence-electron chi connectivity index (χ4n) is 8.92. The minimum Gasteiger partial charge on any atom is -0.494 e. The third-order valence-electron chi connectivity index (χ3n) is 11.7. The van der Waals surface area contributed by atoms with E-state index in [4.69, 9.17) is 27.9 Å². The Labute approximate surface area is 342 Å². The molecule has 2 heterocycles. The number of hydrogen-bond acceptors (Lipinski definition) is 1. The summed E-state index contributed by atoms with van der Waals surface area (Å²) in [6, 6.07) is 30.5. The predicted molar refractivity (Wildman–Crippen MR) is 241 cm³/mol. The fourth-order valence-corrected chi connectivity index (χ4v) is 9.36. The highest BCUT2D eigenvalue weighted by atomic mass is 35.5. The van der Waals surface area contributed by atoms with Gasteiger partial charge in [-0.1, -0.05) is 125 Å². The van der Waals surface area contributed by atoms with Gasteiger partial charge in [0.05, 0.1) is 17.6 Å². The van der Waals surface area contributed by atoms with Gasteiger partial charge in [0.1, 0.15) is 12.3 Å². The molecule has 1 aliphatic carbocycles. The van der Waals surface area contributed by atoms with E-state index in [2.05, 4.69) is 146 Å². The molecule has 1 aliphatic heterocycles. The summed E-state index contributed by atoms with van der Waals surface area (Å²) < 4.78 is 11.2. The van der Waals surface area contributed by atoms with E-state index in [0.29, 0.717) is 5.92 Å². The molecule has 5 heteroatoms. The lowest BCUT2D eigenvalue weighted by molar-refractivity contribution is -0.436. The number of allylic oxidation sites excluding steroid dienone is 6. The summed E-state index contributed by atoms with van der Waals surface area (Å²) in [6.07, 6.45) is 18.3. The average molecular weight is 781 g/mol. The Bertz CT molecular complexity index is 2600. The molecule has 286 valence electrons. The van der Waals surface area contributed by atoms with Crippen LogP contribution in [0.2, 0.25) is 10.0 Å². The van der Waals surface area contributed by atoms with Gasteiger partial charge in [0.2, 0.25) is 11.4 Å². The fraction of sp³-hybridized carbons (Fsp3) is 0.314. The molecular weight excluding hydrogens is 727 g/mol. The molecule has 1 atom stereocenters. The molecule has 0 saturated heterocycles. The lowest BCUT2D eigenvalue weighted by atomic mass is 9.78. The molecule has 56 heavy (non-hydrogen) atoms. The van der Waals surface area contributed by atoms with Crippen molar-refractivity contribution in [1.82, 2.24) is 4.57 Å². The molecule has 5 aromatic carbocycles. The highest BCUT2D eigenvalue weighted by molar-refractivity contribution is 6.38. The molecule has 3 nitrogen and oxygen atoms in total. The number of unbranched alkanes of at least 4 members (excludes halogenated alkanes) is 3. The first-order chi connectivity index (χ1) is 27.4. The van der Waals surface area contributed by atoms with Crippen molar-refractivity contribution in [3.05, 3.63) is 141 Å². The standard InChI is InChI=1S/C51H53Cl2N2O/c1-5-8-29-54-45(41-15-11-13-39-43(52)23-27-47(54)50(39)41)25-19-36-32-34(4)33-37(49(36)35-17-21-38(22-18-35)56-31-10-7-3)20-26-46-42-16-12-14-40-44(53)24-28-48(51(40)42)55(46)30-9-6-2/h11-28,34H,5-10,29-33H2,1-4H3/q+1. The van der Waals surface area contributed by atoms with Gasteiger partial charge in [0, 0.05) is 67.6 Å². The van der Waals surface area contributed by atoms with Gasteiger partial charge >= 0.3 is 0 Å². The minimum absolute atomic E-state index is 0.489. The maximum atomic E-state index is 6.78. The molecular formula is C51H53Cl2N2O+. The van der Waals surface area contributed by atoms with E-state index in [1.165, 1.54) is 66.3 Å². The van der Waals surface area contributed by atoms with Crippen molar-refractivity contribution < 1.29 is 9.31 Å². The van der Waals surface area contributed by atoms with Crippen LogP contribution in [0, 0.1) is 5.92 Å². The Morgan fingerprint density at radius 3 is 2.21 bits per heavy atom. The van der Waals surface area contributed by atoms with Crippen LogP contribution in [0.25, 0.3) is 44.1 Å². The number of ether oxygens (including phenoxy) is 1. The third kappa shape index (κ3) is 7.25. The van der Waals surface area contributed by atoms with Crippen molar-refractivity contribution in [2.24, 2.45) is 5.92 Å². The van der Waals surface area contributed by atoms with Gasteiger partial charge in [-0.2, -0.15) is 4.58 Å². The quantitative estimate of drug-likeness (QED) is 0.0795. The Kier molecular flexibility index (Phi) is 11.6. The van der Waals surface area contributed by atoms with Crippen LogP contribution in [0.3, 0.4) is 0 Å². The van der Waals surface area contributed by atoms with E-state index in [0.717, 1.165) is 97.6 Å². The summed E-state index contributed by atoms with van der Waals surface area (Å²) in [6.45, 7) is 11.8. The summed E-state index contributed by atoms with van der Waals surface area (Å²) in [4.78, 5) is 0. The third-order valence-corrected chi connectivity index (χ3v) is 12.3. The van der Waals surface area contributed by atoms with Crippen LogP contribution < -0.4 is 10.1 Å². The number of aromatic nitrogens is 1. The van der Waals surface area contributed by atoms with Gasteiger partial charge in [-0.05, 0) is 96.4 Å². The average Bonchev–Trinajstić information content (AvgIpc) is 3.69. The molecule has 2 aliphatic rings. The lowest BCUT2D eigenvalue weighted by Crippen LogP contribution is -2.16. The zero-order valence-corrected chi connectivity index (χ0v) is 34.8. The van der Waals surface area contributed by atoms with Gasteiger partial charge in [-0.3, -0.25) is 0 Å². The Hall–Kier alpha value is -4.57. The van der Waals surface area contributed by atoms with Crippen molar-refractivity contribution in [3.63, 3.8) is 0 Å². The van der Waals surface area contributed by atoms with Gasteiger partial charge in [-0.15, -0.1) is 0 Å². The first kappa shape index (κ1) is 38.3. The first-order valence-electron chi connectivity index (χ1n) is 20.8. The van der Waals surface area contributed by atoms with Crippen LogP contribution in [0.4, 0.5) is 5.69 Å². The zero-order valence-electron chi connectivity index (χ0n) is 33.3. The molecule has 0 amide bonds. The smallest absolute Gasteiger partial charge is 0.214 e. The molecule has 0 saturated carbocycles. The van der Waals surface area contributed by atoms with Gasteiger partial charge in [0.25, 0.3) is 0 Å². The highest BCUT2D eigenvalue weighted by Crippen LogP contribution is 2.42. The van der Waals surface area contributed by atoms with Crippen LogP contribution >= 0.6 is 23.2 Å². The molecule has 0 fully saturated rings. The second kappa shape index (κ2) is 16.9. The van der Waals surface area contributed by atoms with Crippen LogP contribution in [0.1, 0.15) is 90.2 Å². The van der Waals surface area contributed by atoms with E-state index in [-0.39, 0.29) is 0 Å². The number of halogens is 2. The van der Waals surface area contributed by atoms with Crippen molar-refractivity contribution in [2.75, 3.05) is 13.2 Å². The van der Waals surface area contributed by atoms with Crippen molar-refractivity contribution in [3.8, 4) is 5.75 Å². The van der Waals surface area contributed by atoms with Crippen LogP contribution in [0.5, 0.6) is 5.75 Å². The number of benzene rings is 5. The number of rotatable bonds is 14. The Balaban J connectivity index is 1.31. The summed E-state index contributed by atoms with van der Waals surface area (Å²) in [5.41, 5.74) is 10.3. The summed E-state index contributed by atoms with van der Waals surface area (Å²) in [5, 5.41) is 8.89. The highest BCUT2D eigenvalue weighted by Gasteiger charge is 2.31. The molecule has 1 unspecified atom stereocenters. The first-order valence-corrected chi connectivity index (χ1v) is 21.6. The number of aryl methyl sites for hydroxylation is 1. The van der Waals surface area contributed by atoms with Gasteiger partial charge in [0.15, 0.2) is 0 Å². The zero-order chi connectivity index (χ0) is 38.8. The summed E-state index contributed by atoms with van der Waals surface area (Å²) in [5.74, 6) is 1.42. The van der Waals surface area contributed by atoms with E-state index in [1.807, 2.05) is 0 Å². The summed E-state index contributed by atoms with van der Waals surface area (Å²) in [7, 11) is 0. The van der Waals surface area contributed by atoms with Gasteiger partial charge < -0.3 is 9.30 Å². The van der Waals surface area contributed by atoms with Crippen molar-refractivity contribution in [1.29, 1.82) is 0 Å². The Morgan fingerprint density at radius 1 is 0.732 bits per heavy atom. The van der Waals surface area contributed by atoms with E-state index < -0.39 is 0 Å². The second-order valence-corrected chi connectivity index (χ2v) is 16.5. The van der Waals surface area contributed by atoms with E-state index in [1.54, 1.807) is 0 Å². The van der Waals surface area contributed by atoms with Gasteiger partial charge in [-0.25, -0.2) is 0 Å². The maximum Gasteiger partial charge on any atom is 0.214 e. The van der Waals surface area contributed by atoms with Crippen LogP contribution in [-0.4, -0.2) is 28.0 Å². The Morgan fingerprint density at radius 2 is 1.45 bits per heavy atom. The normalized spacial score (nSPS) is 17.0. The molecule has 0 spiro atoms. The molecule has 0 bridgehead atoms. The summed E-state index contributed by atoms with van der Waals surface area (Å²) >= 11 is 13.6. The lowest BCUT2D eigenvalue weighted by Gasteiger charge is -2.27.